The zero-order valence-electron chi connectivity index (χ0n) is 5.13. The van der Waals surface area contributed by atoms with Crippen LogP contribution >= 0.6 is 0 Å². The number of hydrogen-bond acceptors (Lipinski definition) is 2. The fraction of sp³-hybridized carbons (Fsp3) is 1.00. The zero-order chi connectivity index (χ0) is 5.98. The van der Waals surface area contributed by atoms with Gasteiger partial charge in [-0.1, -0.05) is 0 Å². The van der Waals surface area contributed by atoms with Crippen molar-refractivity contribution in [3.63, 3.8) is 0 Å². The first kappa shape index (κ1) is 6.05. The second-order valence-corrected chi connectivity index (χ2v) is 2.33. The molecule has 0 aliphatic carbocycles. The van der Waals surface area contributed by atoms with Gasteiger partial charge < -0.3 is 9.84 Å². The lowest BCUT2D eigenvalue weighted by molar-refractivity contribution is 0.0198. The van der Waals surface area contributed by atoms with Crippen LogP contribution in [0.25, 0.3) is 0 Å². The number of aliphatic hydroxyl groups excluding tert-OH is 1. The average molecular weight is 116 g/mol. The number of hydrogen-bond donors (Lipinski definition) is 1. The molecule has 0 aromatic heterocycles. The standard InChI is InChI=1S/C6H12O2/c1-5-2-3-6(4-7)8-5/h5-7H,2-4H2,1H3. The van der Waals surface area contributed by atoms with Gasteiger partial charge in [0.15, 0.2) is 0 Å². The molecule has 8 heavy (non-hydrogen) atoms. The van der Waals surface area contributed by atoms with Gasteiger partial charge in [-0.3, -0.25) is 0 Å². The average Bonchev–Trinajstić information content (AvgIpc) is 2.14. The van der Waals surface area contributed by atoms with Crippen LogP contribution in [0.15, 0.2) is 0 Å². The molecule has 0 bridgehead atoms. The Kier molecular flexibility index (Phi) is 1.86. The predicted octanol–water partition coefficient (Wildman–Crippen LogP) is 0.546. The molecule has 1 fully saturated rings. The molecule has 1 aliphatic rings. The summed E-state index contributed by atoms with van der Waals surface area (Å²) in [5.74, 6) is 0. The van der Waals surface area contributed by atoms with Crippen molar-refractivity contribution in [2.75, 3.05) is 6.61 Å². The quantitative estimate of drug-likeness (QED) is 0.542. The van der Waals surface area contributed by atoms with E-state index in [1.54, 1.807) is 0 Å². The smallest absolute Gasteiger partial charge is 0.0810 e. The van der Waals surface area contributed by atoms with E-state index in [1.807, 2.05) is 6.92 Å². The summed E-state index contributed by atoms with van der Waals surface area (Å²) >= 11 is 0. The molecule has 1 saturated heterocycles. The highest BCUT2D eigenvalue weighted by Gasteiger charge is 2.19. The van der Waals surface area contributed by atoms with Gasteiger partial charge in [0.1, 0.15) is 0 Å². The van der Waals surface area contributed by atoms with Crippen LogP contribution in [0.4, 0.5) is 0 Å². The fourth-order valence-corrected chi connectivity index (χ4v) is 1.02. The summed E-state index contributed by atoms with van der Waals surface area (Å²) in [5.41, 5.74) is 0. The van der Waals surface area contributed by atoms with Crippen LogP contribution in [0.5, 0.6) is 0 Å². The minimum atomic E-state index is 0.130. The van der Waals surface area contributed by atoms with E-state index < -0.39 is 0 Å². The predicted molar refractivity (Wildman–Crippen MR) is 30.7 cm³/mol. The monoisotopic (exact) mass is 116 g/mol. The third-order valence-corrected chi connectivity index (χ3v) is 1.52. The largest absolute Gasteiger partial charge is 0.394 e. The first-order chi connectivity index (χ1) is 3.83. The Balaban J connectivity index is 2.22. The highest BCUT2D eigenvalue weighted by atomic mass is 16.5. The van der Waals surface area contributed by atoms with E-state index in [1.165, 1.54) is 0 Å². The lowest BCUT2D eigenvalue weighted by Gasteiger charge is -2.05. The maximum atomic E-state index is 8.56. The molecule has 0 spiro atoms. The van der Waals surface area contributed by atoms with Crippen LogP contribution in [0.2, 0.25) is 0 Å². The summed E-state index contributed by atoms with van der Waals surface area (Å²) < 4.78 is 5.26. The molecule has 2 heteroatoms. The van der Waals surface area contributed by atoms with Crippen molar-refractivity contribution in [1.29, 1.82) is 0 Å². The lowest BCUT2D eigenvalue weighted by Crippen LogP contribution is -2.11. The van der Waals surface area contributed by atoms with Crippen LogP contribution in [0, 0.1) is 0 Å². The molecule has 48 valence electrons. The molecule has 2 atom stereocenters. The van der Waals surface area contributed by atoms with Gasteiger partial charge in [-0.2, -0.15) is 0 Å². The molecule has 1 aliphatic heterocycles. The van der Waals surface area contributed by atoms with Gasteiger partial charge in [-0.05, 0) is 19.8 Å². The molecule has 2 unspecified atom stereocenters. The summed E-state index contributed by atoms with van der Waals surface area (Å²) in [6.45, 7) is 2.22. The van der Waals surface area contributed by atoms with Gasteiger partial charge in [0.2, 0.25) is 0 Å². The van der Waals surface area contributed by atoms with Crippen molar-refractivity contribution in [3.8, 4) is 0 Å². The second kappa shape index (κ2) is 2.46. The van der Waals surface area contributed by atoms with Crippen LogP contribution in [-0.2, 0) is 4.74 Å². The van der Waals surface area contributed by atoms with Gasteiger partial charge in [0.05, 0.1) is 18.8 Å². The highest BCUT2D eigenvalue weighted by molar-refractivity contribution is 4.68. The van der Waals surface area contributed by atoms with E-state index in [9.17, 15) is 0 Å². The summed E-state index contributed by atoms with van der Waals surface area (Å²) in [7, 11) is 0. The summed E-state index contributed by atoms with van der Waals surface area (Å²) in [6.07, 6.45) is 2.63. The van der Waals surface area contributed by atoms with Gasteiger partial charge >= 0.3 is 0 Å². The van der Waals surface area contributed by atoms with E-state index in [0.717, 1.165) is 12.8 Å². The zero-order valence-corrected chi connectivity index (χ0v) is 5.13. The van der Waals surface area contributed by atoms with Crippen LogP contribution in [-0.4, -0.2) is 23.9 Å². The van der Waals surface area contributed by atoms with E-state index >= 15 is 0 Å². The van der Waals surface area contributed by atoms with Crippen LogP contribution < -0.4 is 0 Å². The van der Waals surface area contributed by atoms with E-state index in [4.69, 9.17) is 9.84 Å². The summed E-state index contributed by atoms with van der Waals surface area (Å²) in [5, 5.41) is 8.56. The number of aliphatic hydroxyl groups is 1. The molecule has 1 rings (SSSR count). The van der Waals surface area contributed by atoms with Gasteiger partial charge in [-0.15, -0.1) is 0 Å². The third-order valence-electron chi connectivity index (χ3n) is 1.52. The lowest BCUT2D eigenvalue weighted by atomic mass is 10.2. The molecule has 0 aromatic rings. The normalized spacial score (nSPS) is 38.2. The fourth-order valence-electron chi connectivity index (χ4n) is 1.02. The summed E-state index contributed by atoms with van der Waals surface area (Å²) in [4.78, 5) is 0. The van der Waals surface area contributed by atoms with Crippen molar-refractivity contribution < 1.29 is 9.84 Å². The van der Waals surface area contributed by atoms with Gasteiger partial charge in [-0.25, -0.2) is 0 Å². The van der Waals surface area contributed by atoms with Crippen LogP contribution in [0.3, 0.4) is 0 Å². The Labute approximate surface area is 49.5 Å². The molecule has 2 nitrogen and oxygen atoms in total. The molecule has 0 saturated carbocycles. The number of ether oxygens (including phenoxy) is 1. The molecule has 0 aromatic carbocycles. The van der Waals surface area contributed by atoms with Crippen LogP contribution in [0.1, 0.15) is 19.8 Å². The highest BCUT2D eigenvalue weighted by Crippen LogP contribution is 2.17. The maximum Gasteiger partial charge on any atom is 0.0810 e. The molecule has 0 amide bonds. The van der Waals surface area contributed by atoms with Crippen molar-refractivity contribution in [3.05, 3.63) is 0 Å². The van der Waals surface area contributed by atoms with E-state index in [0.29, 0.717) is 6.10 Å². The Bertz CT molecular complexity index is 72.9. The first-order valence-corrected chi connectivity index (χ1v) is 3.09. The molecule has 0 radical (unpaired) electrons. The van der Waals surface area contributed by atoms with Crippen molar-refractivity contribution in [1.82, 2.24) is 0 Å². The molecular formula is C6H12O2. The minimum absolute atomic E-state index is 0.130. The van der Waals surface area contributed by atoms with E-state index in [2.05, 4.69) is 0 Å². The van der Waals surface area contributed by atoms with Crippen molar-refractivity contribution >= 4 is 0 Å². The Hall–Kier alpha value is -0.0800. The molecular weight excluding hydrogens is 104 g/mol. The van der Waals surface area contributed by atoms with Gasteiger partial charge in [0.25, 0.3) is 0 Å². The first-order valence-electron chi connectivity index (χ1n) is 3.09. The maximum absolute atomic E-state index is 8.56. The topological polar surface area (TPSA) is 29.5 Å². The molecule has 1 N–H and O–H groups in total. The van der Waals surface area contributed by atoms with E-state index in [-0.39, 0.29) is 12.7 Å². The van der Waals surface area contributed by atoms with Crippen molar-refractivity contribution in [2.45, 2.75) is 32.0 Å². The second-order valence-electron chi connectivity index (χ2n) is 2.33. The minimum Gasteiger partial charge on any atom is -0.394 e. The number of rotatable bonds is 1. The third kappa shape index (κ3) is 1.20. The Morgan fingerprint density at radius 3 is 2.62 bits per heavy atom. The summed E-state index contributed by atoms with van der Waals surface area (Å²) in [6, 6.07) is 0. The van der Waals surface area contributed by atoms with Gasteiger partial charge in [0, 0.05) is 0 Å². The molecule has 1 heterocycles. The Morgan fingerprint density at radius 2 is 2.38 bits per heavy atom. The SMILES string of the molecule is CC1CCC(CO)O1. The van der Waals surface area contributed by atoms with Crippen molar-refractivity contribution in [2.24, 2.45) is 0 Å². The Morgan fingerprint density at radius 1 is 1.62 bits per heavy atom.